The minimum absolute atomic E-state index is 0.0109. The van der Waals surface area contributed by atoms with Crippen LogP contribution in [0.3, 0.4) is 0 Å². The van der Waals surface area contributed by atoms with Gasteiger partial charge in [-0.05, 0) is 18.6 Å². The number of pyridine rings is 1. The van der Waals surface area contributed by atoms with Crippen molar-refractivity contribution in [3.05, 3.63) is 46.7 Å². The summed E-state index contributed by atoms with van der Waals surface area (Å²) in [7, 11) is 3.05. The van der Waals surface area contributed by atoms with Gasteiger partial charge < -0.3 is 19.5 Å². The summed E-state index contributed by atoms with van der Waals surface area (Å²) >= 11 is 13.2. The summed E-state index contributed by atoms with van der Waals surface area (Å²) in [6, 6.07) is 3.41. The number of anilines is 1. The van der Waals surface area contributed by atoms with Crippen LogP contribution in [0.2, 0.25) is 10.0 Å². The quantitative estimate of drug-likeness (QED) is 0.390. The fourth-order valence-electron chi connectivity index (χ4n) is 4.13. The van der Waals surface area contributed by atoms with Gasteiger partial charge in [0.05, 0.1) is 60.4 Å². The highest BCUT2D eigenvalue weighted by molar-refractivity contribution is 6.41. The van der Waals surface area contributed by atoms with Gasteiger partial charge in [-0.3, -0.25) is 9.78 Å². The fraction of sp³-hybridized carbons (Fsp3) is 0.360. The van der Waals surface area contributed by atoms with Gasteiger partial charge in [0, 0.05) is 35.6 Å². The first-order chi connectivity index (χ1) is 16.9. The van der Waals surface area contributed by atoms with Gasteiger partial charge >= 0.3 is 0 Å². The number of fused-ring (bicyclic) bond motifs is 1. The van der Waals surface area contributed by atoms with Gasteiger partial charge in [-0.15, -0.1) is 0 Å². The van der Waals surface area contributed by atoms with Crippen molar-refractivity contribution in [2.75, 3.05) is 32.8 Å². The first-order valence-corrected chi connectivity index (χ1v) is 11.9. The number of nitrogens with one attached hydrogen (secondary N) is 1. The molecule has 184 valence electrons. The molecule has 0 radical (unpaired) electrons. The first kappa shape index (κ1) is 25.2. The summed E-state index contributed by atoms with van der Waals surface area (Å²) in [5, 5.41) is 4.79. The van der Waals surface area contributed by atoms with Crippen molar-refractivity contribution >= 4 is 45.8 Å². The molecule has 0 bridgehead atoms. The Balaban J connectivity index is 1.72. The van der Waals surface area contributed by atoms with Crippen LogP contribution < -0.4 is 14.8 Å². The SMILES string of the molecule is C=CC(=O)C[C@H]1COC[C@H]1Nc1ncc2cc(-c3c(Cl)c(OC)cc(OC)c3Cl)nc(CC)c2n1. The van der Waals surface area contributed by atoms with E-state index >= 15 is 0 Å². The van der Waals surface area contributed by atoms with E-state index in [9.17, 15) is 4.79 Å². The van der Waals surface area contributed by atoms with E-state index in [0.29, 0.717) is 70.3 Å². The molecule has 2 atom stereocenters. The molecule has 0 spiro atoms. The molecule has 1 aromatic carbocycles. The Morgan fingerprint density at radius 3 is 2.54 bits per heavy atom. The number of methoxy groups -OCH3 is 2. The topological polar surface area (TPSA) is 95.5 Å². The number of aryl methyl sites for hydroxylation is 1. The maximum Gasteiger partial charge on any atom is 0.223 e. The number of hydrogen-bond acceptors (Lipinski definition) is 8. The number of aromatic nitrogens is 3. The van der Waals surface area contributed by atoms with Crippen molar-refractivity contribution in [2.24, 2.45) is 5.92 Å². The molecule has 1 aliphatic rings. The average molecular weight is 517 g/mol. The zero-order chi connectivity index (χ0) is 25.1. The van der Waals surface area contributed by atoms with Crippen molar-refractivity contribution in [1.29, 1.82) is 0 Å². The Morgan fingerprint density at radius 2 is 1.91 bits per heavy atom. The third kappa shape index (κ3) is 5.05. The Labute approximate surface area is 213 Å². The summed E-state index contributed by atoms with van der Waals surface area (Å²) in [4.78, 5) is 25.9. The molecule has 3 aromatic rings. The smallest absolute Gasteiger partial charge is 0.223 e. The Kier molecular flexibility index (Phi) is 7.74. The summed E-state index contributed by atoms with van der Waals surface area (Å²) in [6.07, 6.45) is 4.06. The van der Waals surface area contributed by atoms with Crippen LogP contribution in [0.1, 0.15) is 19.0 Å². The largest absolute Gasteiger partial charge is 0.495 e. The van der Waals surface area contributed by atoms with Crippen LogP contribution in [-0.2, 0) is 16.0 Å². The van der Waals surface area contributed by atoms with Gasteiger partial charge in [-0.25, -0.2) is 9.97 Å². The van der Waals surface area contributed by atoms with E-state index in [1.807, 2.05) is 13.0 Å². The Bertz CT molecular complexity index is 1260. The minimum atomic E-state index is -0.0736. The number of carbonyl (C=O) groups excluding carboxylic acids is 1. The van der Waals surface area contributed by atoms with E-state index in [-0.39, 0.29) is 17.7 Å². The molecule has 1 aliphatic heterocycles. The molecule has 0 aliphatic carbocycles. The lowest BCUT2D eigenvalue weighted by atomic mass is 9.97. The Hall–Kier alpha value is -2.94. The normalized spacial score (nSPS) is 17.4. The van der Waals surface area contributed by atoms with Gasteiger partial charge in [0.2, 0.25) is 5.95 Å². The second-order valence-corrected chi connectivity index (χ2v) is 8.90. The van der Waals surface area contributed by atoms with Crippen LogP contribution >= 0.6 is 23.2 Å². The maximum atomic E-state index is 11.8. The molecule has 0 unspecified atom stereocenters. The number of benzene rings is 1. The summed E-state index contributed by atoms with van der Waals surface area (Å²) in [6.45, 7) is 6.53. The molecule has 4 rings (SSSR count). The van der Waals surface area contributed by atoms with E-state index in [1.165, 1.54) is 20.3 Å². The van der Waals surface area contributed by atoms with Crippen LogP contribution in [-0.4, -0.2) is 54.2 Å². The molecule has 35 heavy (non-hydrogen) atoms. The van der Waals surface area contributed by atoms with Gasteiger partial charge in [0.25, 0.3) is 0 Å². The molecule has 0 amide bonds. The molecule has 3 heterocycles. The van der Waals surface area contributed by atoms with Crippen molar-refractivity contribution in [1.82, 2.24) is 15.0 Å². The highest BCUT2D eigenvalue weighted by atomic mass is 35.5. The number of allylic oxidation sites excluding steroid dienone is 1. The number of hydrogen-bond donors (Lipinski definition) is 1. The summed E-state index contributed by atoms with van der Waals surface area (Å²) in [5.74, 6) is 1.33. The van der Waals surface area contributed by atoms with Crippen molar-refractivity contribution in [3.8, 4) is 22.8 Å². The van der Waals surface area contributed by atoms with E-state index in [0.717, 1.165) is 11.1 Å². The van der Waals surface area contributed by atoms with Gasteiger partial charge in [-0.1, -0.05) is 36.7 Å². The standard InChI is InChI=1S/C25H26Cl2N4O4/c1-5-15(32)7-14-11-35-12-18(14)30-25-28-10-13-8-17(29-16(6-2)24(13)31-25)21-22(26)19(33-3)9-20(34-4)23(21)27/h5,8-10,14,18H,1,6-7,11-12H2,2-4H3,(H,28,30,31)/t14-,18+/m0/s1. The average Bonchev–Trinajstić information content (AvgIpc) is 3.29. The number of halogens is 2. The lowest BCUT2D eigenvalue weighted by molar-refractivity contribution is -0.115. The number of ether oxygens (including phenoxy) is 3. The second kappa shape index (κ2) is 10.8. The summed E-state index contributed by atoms with van der Waals surface area (Å²) < 4.78 is 16.4. The molecule has 1 N–H and O–H groups in total. The first-order valence-electron chi connectivity index (χ1n) is 11.2. The van der Waals surface area contributed by atoms with Crippen LogP contribution in [0.4, 0.5) is 5.95 Å². The van der Waals surface area contributed by atoms with E-state index in [1.54, 1.807) is 12.3 Å². The zero-order valence-corrected chi connectivity index (χ0v) is 21.2. The Morgan fingerprint density at radius 1 is 1.20 bits per heavy atom. The number of carbonyl (C=O) groups is 1. The summed E-state index contributed by atoms with van der Waals surface area (Å²) in [5.41, 5.74) is 2.56. The van der Waals surface area contributed by atoms with Crippen LogP contribution in [0.5, 0.6) is 11.5 Å². The molecular formula is C25H26Cl2N4O4. The molecule has 8 nitrogen and oxygen atoms in total. The van der Waals surface area contributed by atoms with Crippen LogP contribution in [0, 0.1) is 5.92 Å². The monoisotopic (exact) mass is 516 g/mol. The van der Waals surface area contributed by atoms with Crippen LogP contribution in [0.15, 0.2) is 31.0 Å². The number of nitrogens with zero attached hydrogens (tertiary/aromatic N) is 3. The molecule has 2 aromatic heterocycles. The highest BCUT2D eigenvalue weighted by Gasteiger charge is 2.30. The predicted molar refractivity (Wildman–Crippen MR) is 137 cm³/mol. The van der Waals surface area contributed by atoms with Gasteiger partial charge in [0.1, 0.15) is 11.5 Å². The van der Waals surface area contributed by atoms with E-state index < -0.39 is 0 Å². The highest BCUT2D eigenvalue weighted by Crippen LogP contribution is 2.46. The molecule has 0 saturated carbocycles. The van der Waals surface area contributed by atoms with Crippen molar-refractivity contribution in [3.63, 3.8) is 0 Å². The lowest BCUT2D eigenvalue weighted by Gasteiger charge is -2.18. The van der Waals surface area contributed by atoms with E-state index in [4.69, 9.17) is 47.4 Å². The van der Waals surface area contributed by atoms with Gasteiger partial charge in [-0.2, -0.15) is 0 Å². The zero-order valence-electron chi connectivity index (χ0n) is 19.7. The van der Waals surface area contributed by atoms with E-state index in [2.05, 4.69) is 16.9 Å². The fourth-order valence-corrected chi connectivity index (χ4v) is 4.82. The number of ketones is 1. The van der Waals surface area contributed by atoms with Crippen molar-refractivity contribution < 1.29 is 19.0 Å². The second-order valence-electron chi connectivity index (χ2n) is 8.15. The van der Waals surface area contributed by atoms with Crippen molar-refractivity contribution in [2.45, 2.75) is 25.8 Å². The predicted octanol–water partition coefficient (Wildman–Crippen LogP) is 5.15. The molecular weight excluding hydrogens is 491 g/mol. The number of rotatable bonds is 9. The minimum Gasteiger partial charge on any atom is -0.495 e. The third-order valence-corrected chi connectivity index (χ3v) is 6.76. The lowest BCUT2D eigenvalue weighted by Crippen LogP contribution is -2.30. The van der Waals surface area contributed by atoms with Crippen LogP contribution in [0.25, 0.3) is 22.2 Å². The maximum absolute atomic E-state index is 11.8. The third-order valence-electron chi connectivity index (χ3n) is 6.01. The van der Waals surface area contributed by atoms with Gasteiger partial charge in [0.15, 0.2) is 5.78 Å². The molecule has 1 fully saturated rings. The molecule has 1 saturated heterocycles. The molecule has 10 heteroatoms.